The number of ether oxygens (including phenoxy) is 1. The second-order valence-corrected chi connectivity index (χ2v) is 11.5. The van der Waals surface area contributed by atoms with Crippen LogP contribution in [0, 0.1) is 3.57 Å². The second-order valence-electron chi connectivity index (χ2n) is 8.86. The molecular weight excluding hydrogens is 649 g/mol. The van der Waals surface area contributed by atoms with Gasteiger partial charge in [0.05, 0.1) is 12.4 Å². The summed E-state index contributed by atoms with van der Waals surface area (Å²) in [6.07, 6.45) is 1.57. The topological polar surface area (TPSA) is 96.5 Å². The minimum atomic E-state index is -0.508. The number of carbonyl (C=O) groups is 3. The summed E-state index contributed by atoms with van der Waals surface area (Å²) in [6.45, 7) is 1.82. The quantitative estimate of drug-likeness (QED) is 0.0973. The molecule has 1 atom stereocenters. The van der Waals surface area contributed by atoms with E-state index in [-0.39, 0.29) is 16.9 Å². The molecule has 1 unspecified atom stereocenters. The first-order valence-electron chi connectivity index (χ1n) is 12.7. The van der Waals surface area contributed by atoms with Crippen LogP contribution in [-0.4, -0.2) is 30.1 Å². The summed E-state index contributed by atoms with van der Waals surface area (Å²) < 4.78 is 6.51. The van der Waals surface area contributed by atoms with Crippen molar-refractivity contribution < 1.29 is 19.1 Å². The van der Waals surface area contributed by atoms with E-state index in [4.69, 9.17) is 4.74 Å². The molecule has 0 aliphatic carbocycles. The number of nitrogens with one attached hydrogen (secondary N) is 3. The number of hydrogen-bond acceptors (Lipinski definition) is 5. The smallest absolute Gasteiger partial charge is 0.272 e. The molecule has 3 amide bonds. The van der Waals surface area contributed by atoms with Crippen LogP contribution in [0.5, 0.6) is 5.75 Å². The monoisotopic (exact) mass is 677 g/mol. The van der Waals surface area contributed by atoms with Crippen LogP contribution >= 0.6 is 34.4 Å². The average molecular weight is 678 g/mol. The highest BCUT2D eigenvalue weighted by molar-refractivity contribution is 14.1. The summed E-state index contributed by atoms with van der Waals surface area (Å²) >= 11 is 3.59. The van der Waals surface area contributed by atoms with Gasteiger partial charge in [-0.2, -0.15) is 0 Å². The maximum absolute atomic E-state index is 13.4. The Kier molecular flexibility index (Phi) is 10.6. The van der Waals surface area contributed by atoms with E-state index in [0.717, 1.165) is 14.2 Å². The Morgan fingerprint density at radius 2 is 1.54 bits per heavy atom. The minimum absolute atomic E-state index is 0.0478. The number of benzene rings is 4. The summed E-state index contributed by atoms with van der Waals surface area (Å²) in [5.74, 6) is -0.495. The SMILES string of the molecule is COc1ccccc1/C=C(/NC(=O)c1ccccc1)C(=O)Nc1cccc(SC(C)C(=O)Nc2ccc(I)cc2)c1. The highest BCUT2D eigenvalue weighted by atomic mass is 127. The summed E-state index contributed by atoms with van der Waals surface area (Å²) in [6, 6.07) is 30.7. The van der Waals surface area contributed by atoms with Crippen LogP contribution in [-0.2, 0) is 9.59 Å². The van der Waals surface area contributed by atoms with Crippen LogP contribution in [0.15, 0.2) is 114 Å². The average Bonchev–Trinajstić information content (AvgIpc) is 2.98. The maximum atomic E-state index is 13.4. The molecule has 0 bridgehead atoms. The van der Waals surface area contributed by atoms with E-state index >= 15 is 0 Å². The van der Waals surface area contributed by atoms with Crippen LogP contribution in [0.25, 0.3) is 6.08 Å². The third-order valence-corrected chi connectivity index (χ3v) is 7.67. The molecule has 0 saturated heterocycles. The van der Waals surface area contributed by atoms with Crippen LogP contribution in [0.4, 0.5) is 11.4 Å². The van der Waals surface area contributed by atoms with Crippen molar-refractivity contribution in [2.45, 2.75) is 17.1 Å². The van der Waals surface area contributed by atoms with Crippen LogP contribution in [0.1, 0.15) is 22.8 Å². The number of thioether (sulfide) groups is 1. The lowest BCUT2D eigenvalue weighted by atomic mass is 10.1. The minimum Gasteiger partial charge on any atom is -0.496 e. The van der Waals surface area contributed by atoms with E-state index in [9.17, 15) is 14.4 Å². The molecule has 3 N–H and O–H groups in total. The van der Waals surface area contributed by atoms with Crippen molar-refractivity contribution in [1.29, 1.82) is 0 Å². The van der Waals surface area contributed by atoms with Gasteiger partial charge < -0.3 is 20.7 Å². The molecular formula is C32H28IN3O4S. The molecule has 0 aliphatic heterocycles. The summed E-state index contributed by atoms with van der Waals surface area (Å²) in [7, 11) is 1.54. The van der Waals surface area contributed by atoms with Gasteiger partial charge in [0.25, 0.3) is 11.8 Å². The van der Waals surface area contributed by atoms with E-state index < -0.39 is 11.8 Å². The number of halogens is 1. The molecule has 41 heavy (non-hydrogen) atoms. The molecule has 0 aromatic heterocycles. The Balaban J connectivity index is 1.50. The molecule has 0 fully saturated rings. The Labute approximate surface area is 256 Å². The lowest BCUT2D eigenvalue weighted by Crippen LogP contribution is -2.30. The Morgan fingerprint density at radius 1 is 0.829 bits per heavy atom. The van der Waals surface area contributed by atoms with Gasteiger partial charge in [-0.15, -0.1) is 11.8 Å². The van der Waals surface area contributed by atoms with Crippen molar-refractivity contribution in [3.8, 4) is 5.75 Å². The van der Waals surface area contributed by atoms with Crippen LogP contribution in [0.3, 0.4) is 0 Å². The van der Waals surface area contributed by atoms with E-state index in [1.165, 1.54) is 11.8 Å². The number of anilines is 2. The number of rotatable bonds is 10. The molecule has 0 heterocycles. The molecule has 9 heteroatoms. The number of amides is 3. The molecule has 4 aromatic rings. The van der Waals surface area contributed by atoms with Gasteiger partial charge in [0.1, 0.15) is 11.4 Å². The predicted molar refractivity (Wildman–Crippen MR) is 173 cm³/mol. The third kappa shape index (κ3) is 8.70. The van der Waals surface area contributed by atoms with Gasteiger partial charge in [-0.1, -0.05) is 42.5 Å². The molecule has 7 nitrogen and oxygen atoms in total. The number of hydrogen-bond donors (Lipinski definition) is 3. The highest BCUT2D eigenvalue weighted by Crippen LogP contribution is 2.27. The lowest BCUT2D eigenvalue weighted by Gasteiger charge is -2.14. The van der Waals surface area contributed by atoms with Crippen LogP contribution < -0.4 is 20.7 Å². The summed E-state index contributed by atoms with van der Waals surface area (Å²) in [5.41, 5.74) is 2.35. The van der Waals surface area contributed by atoms with Crippen molar-refractivity contribution in [3.05, 3.63) is 124 Å². The van der Waals surface area contributed by atoms with Gasteiger partial charge in [0, 0.05) is 31.0 Å². The number of para-hydroxylation sites is 1. The Bertz CT molecular complexity index is 1560. The van der Waals surface area contributed by atoms with Gasteiger partial charge in [0.2, 0.25) is 5.91 Å². The zero-order valence-corrected chi connectivity index (χ0v) is 25.4. The van der Waals surface area contributed by atoms with Gasteiger partial charge >= 0.3 is 0 Å². The zero-order chi connectivity index (χ0) is 29.2. The third-order valence-electron chi connectivity index (χ3n) is 5.85. The lowest BCUT2D eigenvalue weighted by molar-refractivity contribution is -0.115. The fraction of sp³-hybridized carbons (Fsp3) is 0.0938. The summed E-state index contributed by atoms with van der Waals surface area (Å²) in [4.78, 5) is 39.9. The van der Waals surface area contributed by atoms with Crippen molar-refractivity contribution in [3.63, 3.8) is 0 Å². The van der Waals surface area contributed by atoms with E-state index in [1.807, 2.05) is 55.5 Å². The maximum Gasteiger partial charge on any atom is 0.272 e. The van der Waals surface area contributed by atoms with Crippen molar-refractivity contribution in [1.82, 2.24) is 5.32 Å². The first-order chi connectivity index (χ1) is 19.8. The van der Waals surface area contributed by atoms with Gasteiger partial charge in [0.15, 0.2) is 0 Å². The van der Waals surface area contributed by atoms with Crippen molar-refractivity contribution in [2.24, 2.45) is 0 Å². The van der Waals surface area contributed by atoms with E-state index in [1.54, 1.807) is 67.8 Å². The molecule has 0 aliphatic rings. The molecule has 0 saturated carbocycles. The Hall–Kier alpha value is -4.09. The highest BCUT2D eigenvalue weighted by Gasteiger charge is 2.18. The number of carbonyl (C=O) groups excluding carboxylic acids is 3. The van der Waals surface area contributed by atoms with Crippen molar-refractivity contribution in [2.75, 3.05) is 17.7 Å². The molecule has 4 rings (SSSR count). The molecule has 0 spiro atoms. The fourth-order valence-corrected chi connectivity index (χ4v) is 5.05. The van der Waals surface area contributed by atoms with Crippen LogP contribution in [0.2, 0.25) is 0 Å². The van der Waals surface area contributed by atoms with Gasteiger partial charge in [-0.25, -0.2) is 0 Å². The van der Waals surface area contributed by atoms with Gasteiger partial charge in [-0.05, 0) is 96.3 Å². The van der Waals surface area contributed by atoms with Crippen molar-refractivity contribution >= 4 is 69.5 Å². The van der Waals surface area contributed by atoms with E-state index in [2.05, 4.69) is 38.5 Å². The normalized spacial score (nSPS) is 11.7. The first-order valence-corrected chi connectivity index (χ1v) is 14.6. The zero-order valence-electron chi connectivity index (χ0n) is 22.4. The van der Waals surface area contributed by atoms with E-state index in [0.29, 0.717) is 22.6 Å². The molecule has 0 radical (unpaired) electrons. The largest absolute Gasteiger partial charge is 0.496 e. The summed E-state index contributed by atoms with van der Waals surface area (Å²) in [5, 5.41) is 8.15. The second kappa shape index (κ2) is 14.5. The number of methoxy groups -OCH3 is 1. The standard InChI is InChI=1S/C32H28IN3O4S/c1-21(30(37)34-25-17-15-24(33)16-18-25)41-27-13-8-12-26(20-27)35-32(39)28(19-23-11-6-7-14-29(23)40-2)36-31(38)22-9-4-3-5-10-22/h3-21H,1-2H3,(H,34,37)(H,35,39)(H,36,38)/b28-19+. The molecule has 4 aromatic carbocycles. The predicted octanol–water partition coefficient (Wildman–Crippen LogP) is 6.83. The Morgan fingerprint density at radius 3 is 2.27 bits per heavy atom. The molecule has 208 valence electrons. The van der Waals surface area contributed by atoms with Gasteiger partial charge in [-0.3, -0.25) is 14.4 Å². The fourth-order valence-electron chi connectivity index (χ4n) is 3.76. The first kappa shape index (κ1) is 29.9.